The molecule has 138 valence electrons. The molecule has 28 heavy (non-hydrogen) atoms. The van der Waals surface area contributed by atoms with Gasteiger partial charge < -0.3 is 4.98 Å². The van der Waals surface area contributed by atoms with Crippen molar-refractivity contribution in [2.24, 2.45) is 0 Å². The first kappa shape index (κ1) is 17.7. The molecule has 5 heteroatoms. The van der Waals surface area contributed by atoms with Gasteiger partial charge in [0.15, 0.2) is 0 Å². The highest BCUT2D eigenvalue weighted by Gasteiger charge is 2.16. The Kier molecular flexibility index (Phi) is 4.49. The van der Waals surface area contributed by atoms with Crippen molar-refractivity contribution >= 4 is 5.69 Å². The number of nitro benzene ring substituents is 1. The first-order chi connectivity index (χ1) is 13.5. The number of H-pyrrole nitrogens is 1. The number of non-ortho nitro benzene ring substituents is 1. The third-order valence-corrected chi connectivity index (χ3v) is 4.72. The van der Waals surface area contributed by atoms with Gasteiger partial charge in [-0.3, -0.25) is 10.1 Å². The maximum absolute atomic E-state index is 10.9. The van der Waals surface area contributed by atoms with Gasteiger partial charge in [0.25, 0.3) is 5.69 Å². The third-order valence-electron chi connectivity index (χ3n) is 4.72. The Bertz CT molecular complexity index is 1060. The van der Waals surface area contributed by atoms with Crippen molar-refractivity contribution in [3.8, 4) is 33.9 Å². The van der Waals surface area contributed by atoms with Gasteiger partial charge in [-0.05, 0) is 26.0 Å². The van der Waals surface area contributed by atoms with E-state index in [4.69, 9.17) is 4.98 Å². The summed E-state index contributed by atoms with van der Waals surface area (Å²) < 4.78 is 0. The van der Waals surface area contributed by atoms with E-state index in [1.165, 1.54) is 23.3 Å². The molecular formula is C23H19N3O2. The summed E-state index contributed by atoms with van der Waals surface area (Å²) in [6.07, 6.45) is 0. The Balaban J connectivity index is 1.84. The van der Waals surface area contributed by atoms with Crippen molar-refractivity contribution in [3.05, 3.63) is 94.0 Å². The van der Waals surface area contributed by atoms with Crippen molar-refractivity contribution in [2.45, 2.75) is 13.8 Å². The minimum atomic E-state index is -0.401. The van der Waals surface area contributed by atoms with E-state index >= 15 is 0 Å². The monoisotopic (exact) mass is 369 g/mol. The van der Waals surface area contributed by atoms with Crippen LogP contribution in [0.25, 0.3) is 33.9 Å². The molecular weight excluding hydrogens is 350 g/mol. The van der Waals surface area contributed by atoms with Crippen LogP contribution in [0.3, 0.4) is 0 Å². The molecule has 0 radical (unpaired) electrons. The second-order valence-corrected chi connectivity index (χ2v) is 6.85. The minimum absolute atomic E-state index is 0.0628. The van der Waals surface area contributed by atoms with Gasteiger partial charge in [-0.1, -0.05) is 59.7 Å². The number of benzene rings is 3. The molecule has 0 atom stereocenters. The van der Waals surface area contributed by atoms with Crippen LogP contribution in [0.1, 0.15) is 11.1 Å². The van der Waals surface area contributed by atoms with E-state index in [-0.39, 0.29) is 5.69 Å². The van der Waals surface area contributed by atoms with E-state index < -0.39 is 4.92 Å². The Morgan fingerprint density at radius 1 is 0.750 bits per heavy atom. The Hall–Kier alpha value is -3.73. The highest BCUT2D eigenvalue weighted by molar-refractivity contribution is 5.81. The number of aromatic nitrogens is 2. The third kappa shape index (κ3) is 3.42. The molecule has 0 saturated carbocycles. The summed E-state index contributed by atoms with van der Waals surface area (Å²) in [5.41, 5.74) is 7.09. The molecule has 0 aliphatic rings. The summed E-state index contributed by atoms with van der Waals surface area (Å²) in [4.78, 5) is 18.8. The molecule has 5 nitrogen and oxygen atoms in total. The minimum Gasteiger partial charge on any atom is -0.337 e. The number of aryl methyl sites for hydroxylation is 2. The Morgan fingerprint density at radius 3 is 1.79 bits per heavy atom. The van der Waals surface area contributed by atoms with Gasteiger partial charge in [-0.25, -0.2) is 4.98 Å². The van der Waals surface area contributed by atoms with Crippen molar-refractivity contribution in [3.63, 3.8) is 0 Å². The van der Waals surface area contributed by atoms with Crippen LogP contribution in [-0.2, 0) is 0 Å². The summed E-state index contributed by atoms with van der Waals surface area (Å²) in [7, 11) is 0. The molecule has 0 bridgehead atoms. The number of imidazole rings is 1. The molecule has 0 fully saturated rings. The van der Waals surface area contributed by atoms with E-state index in [0.29, 0.717) is 5.82 Å². The number of hydrogen-bond donors (Lipinski definition) is 1. The van der Waals surface area contributed by atoms with Crippen LogP contribution in [0.5, 0.6) is 0 Å². The van der Waals surface area contributed by atoms with Crippen molar-refractivity contribution in [1.82, 2.24) is 9.97 Å². The standard InChI is InChI=1S/C23H19N3O2/c1-15-3-7-17(8-4-15)21-22(18-9-5-16(2)6-10-18)25-23(24-21)19-11-13-20(14-12-19)26(27)28/h3-14H,1-2H3,(H,24,25). The fourth-order valence-electron chi connectivity index (χ4n) is 3.10. The SMILES string of the molecule is Cc1ccc(-c2nc(-c3ccc([N+](=O)[O-])cc3)[nH]c2-c2ccc(C)cc2)cc1. The van der Waals surface area contributed by atoms with Crippen LogP contribution in [0.4, 0.5) is 5.69 Å². The van der Waals surface area contributed by atoms with Crippen LogP contribution in [0.15, 0.2) is 72.8 Å². The van der Waals surface area contributed by atoms with Crippen LogP contribution >= 0.6 is 0 Å². The van der Waals surface area contributed by atoms with E-state index in [0.717, 1.165) is 28.1 Å². The van der Waals surface area contributed by atoms with E-state index in [1.54, 1.807) is 12.1 Å². The number of nitrogens with one attached hydrogen (secondary N) is 1. The zero-order chi connectivity index (χ0) is 19.7. The quantitative estimate of drug-likeness (QED) is 0.358. The van der Waals surface area contributed by atoms with Crippen molar-refractivity contribution in [1.29, 1.82) is 0 Å². The van der Waals surface area contributed by atoms with Gasteiger partial charge in [-0.2, -0.15) is 0 Å². The van der Waals surface area contributed by atoms with Crippen LogP contribution < -0.4 is 0 Å². The second-order valence-electron chi connectivity index (χ2n) is 6.85. The lowest BCUT2D eigenvalue weighted by molar-refractivity contribution is -0.384. The molecule has 0 unspecified atom stereocenters. The Morgan fingerprint density at radius 2 is 1.25 bits per heavy atom. The number of nitro groups is 1. The zero-order valence-corrected chi connectivity index (χ0v) is 15.6. The van der Waals surface area contributed by atoms with Gasteiger partial charge in [-0.15, -0.1) is 0 Å². The fourth-order valence-corrected chi connectivity index (χ4v) is 3.10. The fraction of sp³-hybridized carbons (Fsp3) is 0.0870. The summed E-state index contributed by atoms with van der Waals surface area (Å²) in [5, 5.41) is 10.9. The van der Waals surface area contributed by atoms with Gasteiger partial charge in [0, 0.05) is 28.8 Å². The van der Waals surface area contributed by atoms with E-state index in [2.05, 4.69) is 67.4 Å². The predicted molar refractivity (Wildman–Crippen MR) is 111 cm³/mol. The predicted octanol–water partition coefficient (Wildman–Crippen LogP) is 5.94. The van der Waals surface area contributed by atoms with Crippen LogP contribution in [0, 0.1) is 24.0 Å². The second kappa shape index (κ2) is 7.12. The zero-order valence-electron chi connectivity index (χ0n) is 15.6. The summed E-state index contributed by atoms with van der Waals surface area (Å²) in [6.45, 7) is 4.11. The Labute approximate surface area is 162 Å². The molecule has 4 aromatic rings. The first-order valence-electron chi connectivity index (χ1n) is 9.00. The van der Waals surface area contributed by atoms with Gasteiger partial charge in [0.1, 0.15) is 5.82 Å². The van der Waals surface area contributed by atoms with E-state index in [1.807, 2.05) is 0 Å². The molecule has 0 aliphatic carbocycles. The largest absolute Gasteiger partial charge is 0.337 e. The highest BCUT2D eigenvalue weighted by atomic mass is 16.6. The molecule has 0 amide bonds. The molecule has 0 aliphatic heterocycles. The lowest BCUT2D eigenvalue weighted by Crippen LogP contribution is -1.88. The van der Waals surface area contributed by atoms with Crippen LogP contribution in [0.2, 0.25) is 0 Å². The van der Waals surface area contributed by atoms with Crippen LogP contribution in [-0.4, -0.2) is 14.9 Å². The molecule has 1 heterocycles. The molecule has 1 N–H and O–H groups in total. The lowest BCUT2D eigenvalue weighted by Gasteiger charge is -2.04. The van der Waals surface area contributed by atoms with Crippen molar-refractivity contribution in [2.75, 3.05) is 0 Å². The average Bonchev–Trinajstić information content (AvgIpc) is 3.14. The summed E-state index contributed by atoms with van der Waals surface area (Å²) in [5.74, 6) is 0.682. The number of aromatic amines is 1. The van der Waals surface area contributed by atoms with Crippen molar-refractivity contribution < 1.29 is 4.92 Å². The normalized spacial score (nSPS) is 10.8. The first-order valence-corrected chi connectivity index (χ1v) is 9.00. The lowest BCUT2D eigenvalue weighted by atomic mass is 10.0. The van der Waals surface area contributed by atoms with Gasteiger partial charge >= 0.3 is 0 Å². The number of nitrogens with zero attached hydrogens (tertiary/aromatic N) is 2. The van der Waals surface area contributed by atoms with Gasteiger partial charge in [0.05, 0.1) is 16.3 Å². The van der Waals surface area contributed by atoms with Gasteiger partial charge in [0.2, 0.25) is 0 Å². The smallest absolute Gasteiger partial charge is 0.269 e. The molecule has 1 aromatic heterocycles. The number of rotatable bonds is 4. The molecule has 4 rings (SSSR count). The maximum Gasteiger partial charge on any atom is 0.269 e. The number of hydrogen-bond acceptors (Lipinski definition) is 3. The average molecular weight is 369 g/mol. The maximum atomic E-state index is 10.9. The molecule has 3 aromatic carbocycles. The topological polar surface area (TPSA) is 71.8 Å². The summed E-state index contributed by atoms with van der Waals surface area (Å²) >= 11 is 0. The summed E-state index contributed by atoms with van der Waals surface area (Å²) in [6, 6.07) is 22.9. The van der Waals surface area contributed by atoms with E-state index in [9.17, 15) is 10.1 Å². The molecule has 0 spiro atoms. The highest BCUT2D eigenvalue weighted by Crippen LogP contribution is 2.33. The molecule has 0 saturated heterocycles.